The van der Waals surface area contributed by atoms with Crippen LogP contribution in [0.2, 0.25) is 9.49 Å². The molecule has 3 aromatic rings. The molecule has 0 radical (unpaired) electrons. The van der Waals surface area contributed by atoms with Crippen molar-refractivity contribution in [2.45, 2.75) is 54.0 Å². The molecule has 6 rings (SSSR count). The van der Waals surface area contributed by atoms with Crippen molar-refractivity contribution in [2.75, 3.05) is 23.7 Å². The Labute approximate surface area is 223 Å². The number of hydrogen-bond donors (Lipinski definition) is 2. The molecule has 0 unspecified atom stereocenters. The molecule has 1 atom stereocenters. The summed E-state index contributed by atoms with van der Waals surface area (Å²) < 4.78 is 0.586. The van der Waals surface area contributed by atoms with Gasteiger partial charge in [-0.1, -0.05) is 35.0 Å². The van der Waals surface area contributed by atoms with Gasteiger partial charge in [0, 0.05) is 41.0 Å². The molecule has 0 aromatic carbocycles. The highest BCUT2D eigenvalue weighted by molar-refractivity contribution is 7.99. The average Bonchev–Trinajstić information content (AvgIpc) is 3.54. The number of aromatic nitrogens is 4. The number of hydrogen-bond acceptors (Lipinski definition) is 9. The lowest BCUT2D eigenvalue weighted by Crippen LogP contribution is -2.44. The molecule has 34 heavy (non-hydrogen) atoms. The molecule has 1 spiro atoms. The van der Waals surface area contributed by atoms with E-state index in [1.54, 1.807) is 12.4 Å². The lowest BCUT2D eigenvalue weighted by molar-refractivity contribution is 0.187. The molecule has 4 N–H and O–H groups in total. The predicted molar refractivity (Wildman–Crippen MR) is 144 cm³/mol. The van der Waals surface area contributed by atoms with Crippen LogP contribution in [0.1, 0.15) is 53.9 Å². The first-order valence-corrected chi connectivity index (χ1v) is 13.4. The van der Waals surface area contributed by atoms with E-state index < -0.39 is 0 Å². The van der Waals surface area contributed by atoms with Crippen LogP contribution >= 0.6 is 59.8 Å². The van der Waals surface area contributed by atoms with Crippen LogP contribution in [-0.2, 0) is 6.42 Å². The zero-order chi connectivity index (χ0) is 22.7. The first-order chi connectivity index (χ1) is 15.9. The molecule has 2 aliphatic carbocycles. The van der Waals surface area contributed by atoms with Crippen LogP contribution in [-0.4, -0.2) is 33.0 Å². The van der Waals surface area contributed by atoms with Gasteiger partial charge in [-0.3, -0.25) is 4.98 Å². The highest BCUT2D eigenvalue weighted by atomic mass is 35.5. The highest BCUT2D eigenvalue weighted by Gasteiger charge is 2.48. The maximum atomic E-state index is 6.64. The largest absolute Gasteiger partial charge is 0.381 e. The Morgan fingerprint density at radius 1 is 1.15 bits per heavy atom. The highest BCUT2D eigenvalue weighted by Crippen LogP contribution is 2.53. The van der Waals surface area contributed by atoms with Gasteiger partial charge in [0.05, 0.1) is 22.6 Å². The van der Waals surface area contributed by atoms with E-state index in [-0.39, 0.29) is 25.0 Å². The molecule has 0 bridgehead atoms. The third-order valence-corrected chi connectivity index (χ3v) is 9.91. The number of nitrogens with zero attached hydrogens (tertiary/aromatic N) is 5. The van der Waals surface area contributed by atoms with E-state index in [9.17, 15) is 0 Å². The van der Waals surface area contributed by atoms with E-state index in [2.05, 4.69) is 24.8 Å². The summed E-state index contributed by atoms with van der Waals surface area (Å²) in [6.45, 7) is 1.72. The fourth-order valence-corrected chi connectivity index (χ4v) is 7.44. The van der Waals surface area contributed by atoms with Crippen LogP contribution < -0.4 is 16.4 Å². The Morgan fingerprint density at radius 2 is 1.91 bits per heavy atom. The van der Waals surface area contributed by atoms with Crippen LogP contribution in [0.15, 0.2) is 28.4 Å². The lowest BCUT2D eigenvalue weighted by Gasteiger charge is -2.42. The van der Waals surface area contributed by atoms with E-state index in [1.807, 2.05) is 6.07 Å². The van der Waals surface area contributed by atoms with Gasteiger partial charge < -0.3 is 16.4 Å². The van der Waals surface area contributed by atoms with Crippen molar-refractivity contribution in [2.24, 2.45) is 11.1 Å². The number of thiazole rings is 1. The van der Waals surface area contributed by atoms with Gasteiger partial charge in [-0.15, -0.1) is 11.3 Å². The molecular formula is C22H25Cl2N7S3. The zero-order valence-electron chi connectivity index (χ0n) is 18.3. The number of nitrogen functional groups attached to an aromatic ring is 1. The van der Waals surface area contributed by atoms with Gasteiger partial charge in [-0.2, -0.15) is 13.5 Å². The van der Waals surface area contributed by atoms with Crippen LogP contribution in [0.3, 0.4) is 0 Å². The van der Waals surface area contributed by atoms with E-state index in [0.717, 1.165) is 72.2 Å². The zero-order valence-corrected chi connectivity index (χ0v) is 22.4. The molecule has 1 saturated heterocycles. The molecule has 4 heterocycles. The summed E-state index contributed by atoms with van der Waals surface area (Å²) in [7, 11) is 0. The molecule has 180 valence electrons. The van der Waals surface area contributed by atoms with Gasteiger partial charge in [-0.05, 0) is 43.6 Å². The molecule has 3 aromatic heterocycles. The Morgan fingerprint density at radius 3 is 2.59 bits per heavy atom. The second-order valence-corrected chi connectivity index (χ2v) is 12.1. The third-order valence-electron chi connectivity index (χ3n) is 7.05. The number of nitrogens with two attached hydrogens (primary N) is 2. The second-order valence-electron chi connectivity index (χ2n) is 9.08. The summed E-state index contributed by atoms with van der Waals surface area (Å²) in [6.07, 6.45) is 8.77. The Bertz CT molecular complexity index is 1230. The molecule has 2 fully saturated rings. The number of pyridine rings is 1. The Balaban J connectivity index is 0.00000241. The Kier molecular flexibility index (Phi) is 6.67. The van der Waals surface area contributed by atoms with Crippen LogP contribution in [0, 0.1) is 5.41 Å². The fourth-order valence-electron chi connectivity index (χ4n) is 4.97. The average molecular weight is 555 g/mol. The minimum absolute atomic E-state index is 0. The van der Waals surface area contributed by atoms with Crippen molar-refractivity contribution in [3.05, 3.63) is 44.2 Å². The van der Waals surface area contributed by atoms with Crippen LogP contribution in [0.5, 0.6) is 0 Å². The van der Waals surface area contributed by atoms with Crippen LogP contribution in [0.4, 0.5) is 11.6 Å². The normalized spacial score (nSPS) is 20.9. The standard InChI is InChI=1S/C22H23Cl2N7S2.H2S/c23-15-13(3-6-27-16(15)11-1-2-11)32-20-19(26)30-14(10-28-20)31-7-4-22(5-8-31)9-12-17(18(22)25)33-21(24)29-12;/h3,6,10-11,18H,1-2,4-5,7-9,25H2,(H2,26,30);1H2/t18-;/m1./s1. The van der Waals surface area contributed by atoms with Gasteiger partial charge in [0.25, 0.3) is 0 Å². The number of piperidine rings is 1. The molecule has 12 heteroatoms. The van der Waals surface area contributed by atoms with Gasteiger partial charge in [0.15, 0.2) is 10.3 Å². The van der Waals surface area contributed by atoms with Crippen molar-refractivity contribution < 1.29 is 0 Å². The summed E-state index contributed by atoms with van der Waals surface area (Å²) >= 11 is 15.7. The fraction of sp³-hybridized carbons (Fsp3) is 0.455. The lowest BCUT2D eigenvalue weighted by atomic mass is 9.74. The van der Waals surface area contributed by atoms with E-state index in [1.165, 1.54) is 23.1 Å². The van der Waals surface area contributed by atoms with E-state index in [0.29, 0.717) is 26.3 Å². The van der Waals surface area contributed by atoms with Crippen molar-refractivity contribution in [3.8, 4) is 0 Å². The number of halogens is 2. The quantitative estimate of drug-likeness (QED) is 0.453. The first-order valence-electron chi connectivity index (χ1n) is 11.0. The summed E-state index contributed by atoms with van der Waals surface area (Å²) in [5.41, 5.74) is 15.1. The number of anilines is 2. The third kappa shape index (κ3) is 4.26. The maximum Gasteiger partial charge on any atom is 0.184 e. The van der Waals surface area contributed by atoms with Crippen molar-refractivity contribution in [1.29, 1.82) is 0 Å². The summed E-state index contributed by atoms with van der Waals surface area (Å²) in [5, 5.41) is 1.36. The minimum atomic E-state index is 0. The number of fused-ring (bicyclic) bond motifs is 1. The van der Waals surface area contributed by atoms with Crippen molar-refractivity contribution in [1.82, 2.24) is 19.9 Å². The van der Waals surface area contributed by atoms with E-state index >= 15 is 0 Å². The van der Waals surface area contributed by atoms with Gasteiger partial charge in [0.2, 0.25) is 0 Å². The summed E-state index contributed by atoms with van der Waals surface area (Å²) in [4.78, 5) is 22.5. The van der Waals surface area contributed by atoms with Gasteiger partial charge >= 0.3 is 0 Å². The molecule has 1 aliphatic heterocycles. The molecule has 3 aliphatic rings. The molecular weight excluding hydrogens is 529 g/mol. The SMILES string of the molecule is Nc1nc(N2CCC3(CC2)Cc2nc(Cl)sc2[C@H]3N)cnc1Sc1ccnc(C2CC2)c1Cl.S. The Hall–Kier alpha value is -1.30. The topological polar surface area (TPSA) is 107 Å². The molecule has 0 amide bonds. The summed E-state index contributed by atoms with van der Waals surface area (Å²) in [6, 6.07) is 1.91. The van der Waals surface area contributed by atoms with Crippen molar-refractivity contribution >= 4 is 71.4 Å². The molecule has 1 saturated carbocycles. The van der Waals surface area contributed by atoms with E-state index in [4.69, 9.17) is 34.7 Å². The maximum absolute atomic E-state index is 6.64. The predicted octanol–water partition coefficient (Wildman–Crippen LogP) is 5.20. The van der Waals surface area contributed by atoms with Gasteiger partial charge in [0.1, 0.15) is 10.8 Å². The summed E-state index contributed by atoms with van der Waals surface area (Å²) in [5.74, 6) is 1.70. The number of rotatable bonds is 4. The first kappa shape index (κ1) is 24.4. The monoisotopic (exact) mass is 553 g/mol. The van der Waals surface area contributed by atoms with Crippen molar-refractivity contribution in [3.63, 3.8) is 0 Å². The van der Waals surface area contributed by atoms with Gasteiger partial charge in [-0.25, -0.2) is 15.0 Å². The van der Waals surface area contributed by atoms with Crippen LogP contribution in [0.25, 0.3) is 0 Å². The smallest absolute Gasteiger partial charge is 0.184 e. The second kappa shape index (κ2) is 9.29. The molecule has 7 nitrogen and oxygen atoms in total. The minimum Gasteiger partial charge on any atom is -0.381 e.